The minimum atomic E-state index is -0.217. The zero-order valence-corrected chi connectivity index (χ0v) is 16.6. The molecule has 142 valence electrons. The van der Waals surface area contributed by atoms with Crippen LogP contribution >= 0.6 is 11.8 Å². The standard InChI is InChI=1S/C21H25N3O2S/c1-15-9-10-18(12-16(15)2)27-14-21(26)23-22-20(25)13-24-11-5-7-17-6-3-4-8-19(17)24/h3-4,6,8-10,12H,5,7,11,13-14H2,1-2H3,(H,22,25)(H,23,26). The molecule has 2 aromatic rings. The summed E-state index contributed by atoms with van der Waals surface area (Å²) < 4.78 is 0. The van der Waals surface area contributed by atoms with Crippen LogP contribution in [0.5, 0.6) is 0 Å². The van der Waals surface area contributed by atoms with Gasteiger partial charge in [-0.2, -0.15) is 0 Å². The monoisotopic (exact) mass is 383 g/mol. The second-order valence-corrected chi connectivity index (χ2v) is 7.83. The number of thioether (sulfide) groups is 1. The van der Waals surface area contributed by atoms with Gasteiger partial charge >= 0.3 is 0 Å². The van der Waals surface area contributed by atoms with Gasteiger partial charge in [0.05, 0.1) is 12.3 Å². The molecule has 0 radical (unpaired) electrons. The predicted molar refractivity (Wildman–Crippen MR) is 110 cm³/mol. The zero-order chi connectivity index (χ0) is 19.2. The van der Waals surface area contributed by atoms with Crippen molar-refractivity contribution in [1.29, 1.82) is 0 Å². The number of carbonyl (C=O) groups is 2. The van der Waals surface area contributed by atoms with Crippen molar-refractivity contribution in [3.8, 4) is 0 Å². The van der Waals surface area contributed by atoms with Crippen molar-refractivity contribution >= 4 is 29.3 Å². The Balaban J connectivity index is 1.44. The van der Waals surface area contributed by atoms with Gasteiger partial charge in [0.25, 0.3) is 5.91 Å². The van der Waals surface area contributed by atoms with Gasteiger partial charge < -0.3 is 4.90 Å². The van der Waals surface area contributed by atoms with E-state index < -0.39 is 0 Å². The lowest BCUT2D eigenvalue weighted by Gasteiger charge is -2.30. The molecule has 3 rings (SSSR count). The molecule has 1 aliphatic rings. The minimum absolute atomic E-state index is 0.212. The molecule has 0 bridgehead atoms. The molecule has 27 heavy (non-hydrogen) atoms. The minimum Gasteiger partial charge on any atom is -0.362 e. The van der Waals surface area contributed by atoms with Crippen LogP contribution in [0.25, 0.3) is 0 Å². The van der Waals surface area contributed by atoms with Crippen LogP contribution < -0.4 is 15.8 Å². The maximum atomic E-state index is 12.2. The largest absolute Gasteiger partial charge is 0.362 e. The van der Waals surface area contributed by atoms with Crippen LogP contribution in [0.15, 0.2) is 47.4 Å². The summed E-state index contributed by atoms with van der Waals surface area (Å²) in [5.41, 5.74) is 9.84. The van der Waals surface area contributed by atoms with Crippen molar-refractivity contribution in [2.75, 3.05) is 23.7 Å². The van der Waals surface area contributed by atoms with E-state index in [1.165, 1.54) is 28.5 Å². The van der Waals surface area contributed by atoms with E-state index in [0.717, 1.165) is 30.0 Å². The zero-order valence-electron chi connectivity index (χ0n) is 15.7. The first-order chi connectivity index (χ1) is 13.0. The maximum Gasteiger partial charge on any atom is 0.257 e. The van der Waals surface area contributed by atoms with Crippen LogP contribution in [-0.4, -0.2) is 30.7 Å². The molecule has 5 nitrogen and oxygen atoms in total. The van der Waals surface area contributed by atoms with Crippen LogP contribution in [0, 0.1) is 13.8 Å². The van der Waals surface area contributed by atoms with Crippen molar-refractivity contribution in [2.24, 2.45) is 0 Å². The Kier molecular flexibility index (Phi) is 6.40. The van der Waals surface area contributed by atoms with Gasteiger partial charge in [-0.05, 0) is 61.6 Å². The number of hydrogen-bond acceptors (Lipinski definition) is 4. The molecule has 0 saturated heterocycles. The maximum absolute atomic E-state index is 12.2. The highest BCUT2D eigenvalue weighted by Crippen LogP contribution is 2.26. The first-order valence-electron chi connectivity index (χ1n) is 9.13. The number of hydrogen-bond donors (Lipinski definition) is 2. The molecule has 0 atom stereocenters. The van der Waals surface area contributed by atoms with E-state index in [9.17, 15) is 9.59 Å². The van der Waals surface area contributed by atoms with Gasteiger partial charge in [-0.3, -0.25) is 20.4 Å². The Morgan fingerprint density at radius 1 is 1.04 bits per heavy atom. The molecule has 0 fully saturated rings. The average Bonchev–Trinajstić information content (AvgIpc) is 2.67. The molecule has 0 aliphatic carbocycles. The van der Waals surface area contributed by atoms with E-state index >= 15 is 0 Å². The number of nitrogens with zero attached hydrogens (tertiary/aromatic N) is 1. The topological polar surface area (TPSA) is 61.4 Å². The second-order valence-electron chi connectivity index (χ2n) is 6.78. The number of carbonyl (C=O) groups excluding carboxylic acids is 2. The fraction of sp³-hybridized carbons (Fsp3) is 0.333. The number of aryl methyl sites for hydroxylation is 3. The normalized spacial score (nSPS) is 13.0. The molecule has 1 aliphatic heterocycles. The van der Waals surface area contributed by atoms with E-state index in [4.69, 9.17) is 0 Å². The highest BCUT2D eigenvalue weighted by molar-refractivity contribution is 8.00. The van der Waals surface area contributed by atoms with E-state index in [2.05, 4.69) is 41.7 Å². The van der Waals surface area contributed by atoms with Gasteiger partial charge in [-0.15, -0.1) is 11.8 Å². The highest BCUT2D eigenvalue weighted by Gasteiger charge is 2.18. The van der Waals surface area contributed by atoms with E-state index in [-0.39, 0.29) is 24.1 Å². The number of hydrazine groups is 1. The molecular formula is C21H25N3O2S. The van der Waals surface area contributed by atoms with E-state index in [1.807, 2.05) is 30.3 Å². The lowest BCUT2D eigenvalue weighted by molar-refractivity contribution is -0.126. The van der Waals surface area contributed by atoms with Crippen molar-refractivity contribution < 1.29 is 9.59 Å². The van der Waals surface area contributed by atoms with Crippen molar-refractivity contribution in [1.82, 2.24) is 10.9 Å². The van der Waals surface area contributed by atoms with E-state index in [0.29, 0.717) is 0 Å². The van der Waals surface area contributed by atoms with Gasteiger partial charge in [-0.25, -0.2) is 0 Å². The Hall–Kier alpha value is -2.47. The lowest BCUT2D eigenvalue weighted by Crippen LogP contribution is -2.47. The quantitative estimate of drug-likeness (QED) is 0.616. The Morgan fingerprint density at radius 2 is 1.81 bits per heavy atom. The molecule has 2 N–H and O–H groups in total. The van der Waals surface area contributed by atoms with Gasteiger partial charge in [0.1, 0.15) is 0 Å². The molecular weight excluding hydrogens is 358 g/mol. The fourth-order valence-electron chi connectivity index (χ4n) is 3.12. The number of anilines is 1. The van der Waals surface area contributed by atoms with Crippen molar-refractivity contribution in [3.63, 3.8) is 0 Å². The molecule has 2 aromatic carbocycles. The summed E-state index contributed by atoms with van der Waals surface area (Å²) in [6.45, 7) is 5.20. The number of nitrogens with one attached hydrogen (secondary N) is 2. The summed E-state index contributed by atoms with van der Waals surface area (Å²) in [5.74, 6) is -0.170. The number of para-hydroxylation sites is 1. The molecule has 2 amide bonds. The van der Waals surface area contributed by atoms with Gasteiger partial charge in [0.2, 0.25) is 5.91 Å². The third-order valence-electron chi connectivity index (χ3n) is 4.73. The molecule has 0 unspecified atom stereocenters. The summed E-state index contributed by atoms with van der Waals surface area (Å²) in [6, 6.07) is 14.3. The molecule has 0 spiro atoms. The summed E-state index contributed by atoms with van der Waals surface area (Å²) in [4.78, 5) is 27.3. The Bertz CT molecular complexity index is 838. The summed E-state index contributed by atoms with van der Waals surface area (Å²) in [6.07, 6.45) is 2.07. The number of benzene rings is 2. The van der Waals surface area contributed by atoms with Crippen LogP contribution in [0.3, 0.4) is 0 Å². The first-order valence-corrected chi connectivity index (χ1v) is 10.1. The van der Waals surface area contributed by atoms with E-state index in [1.54, 1.807) is 0 Å². The first kappa shape index (κ1) is 19.3. The number of fused-ring (bicyclic) bond motifs is 1. The number of amides is 2. The highest BCUT2D eigenvalue weighted by atomic mass is 32.2. The number of rotatable bonds is 5. The molecule has 0 aromatic heterocycles. The third kappa shape index (κ3) is 5.26. The average molecular weight is 384 g/mol. The van der Waals surface area contributed by atoms with Gasteiger partial charge in [0, 0.05) is 17.1 Å². The van der Waals surface area contributed by atoms with Crippen molar-refractivity contribution in [3.05, 3.63) is 59.2 Å². The van der Waals surface area contributed by atoms with Crippen LogP contribution in [-0.2, 0) is 16.0 Å². The fourth-order valence-corrected chi connectivity index (χ4v) is 3.91. The SMILES string of the molecule is Cc1ccc(SCC(=O)NNC(=O)CN2CCCc3ccccc32)cc1C. The summed E-state index contributed by atoms with van der Waals surface area (Å²) in [5, 5.41) is 0. The van der Waals surface area contributed by atoms with Crippen molar-refractivity contribution in [2.45, 2.75) is 31.6 Å². The third-order valence-corrected chi connectivity index (χ3v) is 5.72. The van der Waals surface area contributed by atoms with Gasteiger partial charge in [0.15, 0.2) is 0 Å². The molecule has 6 heteroatoms. The molecule has 0 saturated carbocycles. The molecule has 1 heterocycles. The van der Waals surface area contributed by atoms with Gasteiger partial charge in [-0.1, -0.05) is 24.3 Å². The lowest BCUT2D eigenvalue weighted by atomic mass is 10.0. The predicted octanol–water partition coefficient (Wildman–Crippen LogP) is 3.00. The smallest absolute Gasteiger partial charge is 0.257 e. The Morgan fingerprint density at radius 3 is 2.63 bits per heavy atom. The summed E-state index contributed by atoms with van der Waals surface area (Å²) in [7, 11) is 0. The second kappa shape index (κ2) is 8.95. The summed E-state index contributed by atoms with van der Waals surface area (Å²) >= 11 is 1.46. The van der Waals surface area contributed by atoms with Crippen LogP contribution in [0.2, 0.25) is 0 Å². The Labute approximate surface area is 164 Å². The van der Waals surface area contributed by atoms with Crippen LogP contribution in [0.1, 0.15) is 23.1 Å². The van der Waals surface area contributed by atoms with Crippen LogP contribution in [0.4, 0.5) is 5.69 Å².